The molecule has 0 bridgehead atoms. The van der Waals surface area contributed by atoms with E-state index in [9.17, 15) is 8.60 Å². The third kappa shape index (κ3) is 2.55. The normalized spacial score (nSPS) is 13.6. The molecule has 1 aromatic carbocycles. The van der Waals surface area contributed by atoms with Crippen molar-refractivity contribution in [1.82, 2.24) is 9.97 Å². The van der Waals surface area contributed by atoms with E-state index in [2.05, 4.69) is 9.97 Å². The third-order valence-corrected chi connectivity index (χ3v) is 4.37. The van der Waals surface area contributed by atoms with Gasteiger partial charge in [0.2, 0.25) is 5.88 Å². The van der Waals surface area contributed by atoms with Crippen LogP contribution in [0.5, 0.6) is 11.9 Å². The number of hydrogen-bond donors (Lipinski definition) is 1. The van der Waals surface area contributed by atoms with E-state index in [-0.39, 0.29) is 21.7 Å². The van der Waals surface area contributed by atoms with Gasteiger partial charge in [0.05, 0.1) is 25.3 Å². The second-order valence-electron chi connectivity index (χ2n) is 3.74. The first-order chi connectivity index (χ1) is 9.48. The van der Waals surface area contributed by atoms with Crippen molar-refractivity contribution in [3.63, 3.8) is 0 Å². The Bertz CT molecular complexity index is 717. The zero-order valence-corrected chi connectivity index (χ0v) is 11.6. The fourth-order valence-corrected chi connectivity index (χ4v) is 2.88. The van der Waals surface area contributed by atoms with Crippen molar-refractivity contribution in [1.29, 1.82) is 4.78 Å². The summed E-state index contributed by atoms with van der Waals surface area (Å²) in [7, 11) is -0.676. The molecule has 2 rings (SSSR count). The summed E-state index contributed by atoms with van der Waals surface area (Å²) in [4.78, 5) is 7.87. The van der Waals surface area contributed by atoms with Gasteiger partial charge in [0, 0.05) is 0 Å². The highest BCUT2D eigenvalue weighted by molar-refractivity contribution is 7.92. The van der Waals surface area contributed by atoms with Gasteiger partial charge in [0.15, 0.2) is 0 Å². The fraction of sp³-hybridized carbons (Fsp3) is 0.167. The van der Waals surface area contributed by atoms with Crippen LogP contribution in [0.15, 0.2) is 40.3 Å². The highest BCUT2D eigenvalue weighted by Gasteiger charge is 2.21. The summed E-state index contributed by atoms with van der Waals surface area (Å²) in [5.41, 5.74) is 0. The molecule has 1 unspecified atom stereocenters. The number of nitrogens with one attached hydrogen (secondary N) is 1. The lowest BCUT2D eigenvalue weighted by atomic mass is 10.4. The molecule has 0 aliphatic carbocycles. The minimum Gasteiger partial charge on any atom is -0.480 e. The summed E-state index contributed by atoms with van der Waals surface area (Å²) in [5, 5.41) is 0. The maximum absolute atomic E-state index is 12.9. The highest BCUT2D eigenvalue weighted by atomic mass is 32.2. The van der Waals surface area contributed by atoms with E-state index in [0.717, 1.165) is 12.1 Å². The lowest BCUT2D eigenvalue weighted by molar-refractivity contribution is 0.344. The third-order valence-electron chi connectivity index (χ3n) is 2.53. The van der Waals surface area contributed by atoms with Crippen molar-refractivity contribution in [2.75, 3.05) is 14.2 Å². The molecule has 1 heterocycles. The topological polar surface area (TPSA) is 85.2 Å². The number of ether oxygens (including phenoxy) is 2. The molecule has 20 heavy (non-hydrogen) atoms. The number of hydrogen-bond acceptors (Lipinski definition) is 6. The van der Waals surface area contributed by atoms with E-state index in [1.165, 1.54) is 32.5 Å². The Morgan fingerprint density at radius 2 is 1.85 bits per heavy atom. The van der Waals surface area contributed by atoms with Crippen LogP contribution in [-0.2, 0) is 9.73 Å². The van der Waals surface area contributed by atoms with E-state index in [4.69, 9.17) is 14.3 Å². The van der Waals surface area contributed by atoms with Gasteiger partial charge in [-0.05, 0) is 24.3 Å². The van der Waals surface area contributed by atoms with E-state index in [1.54, 1.807) is 0 Å². The lowest BCUT2D eigenvalue weighted by Crippen LogP contribution is -2.06. The van der Waals surface area contributed by atoms with E-state index in [1.807, 2.05) is 0 Å². The maximum atomic E-state index is 12.9. The zero-order chi connectivity index (χ0) is 14.8. The van der Waals surface area contributed by atoms with Crippen LogP contribution in [0, 0.1) is 10.6 Å². The van der Waals surface area contributed by atoms with Gasteiger partial charge >= 0.3 is 6.01 Å². The average molecular weight is 297 g/mol. The molecule has 0 amide bonds. The lowest BCUT2D eigenvalue weighted by Gasteiger charge is -2.11. The molecule has 2 aromatic rings. The number of aromatic nitrogens is 2. The SMILES string of the molecule is COc1ncc(S(=N)(=O)c2ccc(F)cc2)c(OC)n1. The van der Waals surface area contributed by atoms with E-state index in [0.29, 0.717) is 0 Å². The summed E-state index contributed by atoms with van der Waals surface area (Å²) in [6.45, 7) is 0. The Morgan fingerprint density at radius 1 is 1.20 bits per heavy atom. The van der Waals surface area contributed by atoms with Crippen LogP contribution in [0.2, 0.25) is 0 Å². The molecule has 0 radical (unpaired) electrons. The monoisotopic (exact) mass is 297 g/mol. The second-order valence-corrected chi connectivity index (χ2v) is 5.76. The summed E-state index contributed by atoms with van der Waals surface area (Å²) in [6, 6.07) is 4.89. The largest absolute Gasteiger partial charge is 0.480 e. The van der Waals surface area contributed by atoms with Gasteiger partial charge < -0.3 is 9.47 Å². The van der Waals surface area contributed by atoms with E-state index >= 15 is 0 Å². The molecule has 0 fully saturated rings. The number of benzene rings is 1. The van der Waals surface area contributed by atoms with Crippen LogP contribution in [0.4, 0.5) is 4.39 Å². The Morgan fingerprint density at radius 3 is 2.40 bits per heavy atom. The smallest absolute Gasteiger partial charge is 0.319 e. The van der Waals surface area contributed by atoms with Crippen molar-refractivity contribution in [3.8, 4) is 11.9 Å². The first-order valence-corrected chi connectivity index (χ1v) is 7.04. The van der Waals surface area contributed by atoms with Gasteiger partial charge in [0.1, 0.15) is 20.4 Å². The van der Waals surface area contributed by atoms with Crippen molar-refractivity contribution in [2.24, 2.45) is 0 Å². The van der Waals surface area contributed by atoms with Gasteiger partial charge in [-0.2, -0.15) is 4.98 Å². The summed E-state index contributed by atoms with van der Waals surface area (Å²) >= 11 is 0. The Balaban J connectivity index is 2.57. The van der Waals surface area contributed by atoms with Crippen LogP contribution < -0.4 is 9.47 Å². The van der Waals surface area contributed by atoms with Crippen LogP contribution >= 0.6 is 0 Å². The molecule has 106 valence electrons. The van der Waals surface area contributed by atoms with E-state index < -0.39 is 15.5 Å². The highest BCUT2D eigenvalue weighted by Crippen LogP contribution is 2.29. The summed E-state index contributed by atoms with van der Waals surface area (Å²) < 4.78 is 43.4. The maximum Gasteiger partial charge on any atom is 0.319 e. The molecular formula is C12H12FN3O3S. The van der Waals surface area contributed by atoms with Gasteiger partial charge in [-0.25, -0.2) is 18.4 Å². The summed E-state index contributed by atoms with van der Waals surface area (Å²) in [5.74, 6) is -0.483. The van der Waals surface area contributed by atoms with Gasteiger partial charge in [0.25, 0.3) is 0 Å². The van der Waals surface area contributed by atoms with Crippen molar-refractivity contribution < 1.29 is 18.1 Å². The van der Waals surface area contributed by atoms with Crippen molar-refractivity contribution >= 4 is 9.73 Å². The van der Waals surface area contributed by atoms with Crippen LogP contribution in [0.1, 0.15) is 0 Å². The average Bonchev–Trinajstić information content (AvgIpc) is 2.46. The predicted octanol–water partition coefficient (Wildman–Crippen LogP) is 2.10. The fourth-order valence-electron chi connectivity index (χ4n) is 1.53. The van der Waals surface area contributed by atoms with Crippen LogP contribution in [-0.4, -0.2) is 28.4 Å². The number of methoxy groups -OCH3 is 2. The van der Waals surface area contributed by atoms with Crippen molar-refractivity contribution in [3.05, 3.63) is 36.3 Å². The predicted molar refractivity (Wildman–Crippen MR) is 68.9 cm³/mol. The van der Waals surface area contributed by atoms with Gasteiger partial charge in [-0.15, -0.1) is 0 Å². The molecule has 0 saturated heterocycles. The standard InChI is InChI=1S/C12H12FN3O3S/c1-18-11-10(7-15-12(16-11)19-2)20(14,17)9-5-3-8(13)4-6-9/h3-7,14H,1-2H3. The number of nitrogens with zero attached hydrogens (tertiary/aromatic N) is 2. The first-order valence-electron chi connectivity index (χ1n) is 5.48. The zero-order valence-electron chi connectivity index (χ0n) is 10.8. The molecule has 6 nitrogen and oxygen atoms in total. The van der Waals surface area contributed by atoms with Crippen LogP contribution in [0.3, 0.4) is 0 Å². The van der Waals surface area contributed by atoms with Crippen molar-refractivity contribution in [2.45, 2.75) is 9.79 Å². The number of halogens is 1. The minimum atomic E-state index is -3.40. The molecule has 8 heteroatoms. The summed E-state index contributed by atoms with van der Waals surface area (Å²) in [6.07, 6.45) is 1.21. The second kappa shape index (κ2) is 5.41. The number of rotatable bonds is 4. The van der Waals surface area contributed by atoms with Gasteiger partial charge in [-0.3, -0.25) is 0 Å². The van der Waals surface area contributed by atoms with Crippen LogP contribution in [0.25, 0.3) is 0 Å². The quantitative estimate of drug-likeness (QED) is 0.934. The molecule has 1 aromatic heterocycles. The Kier molecular flexibility index (Phi) is 3.84. The molecule has 1 atom stereocenters. The van der Waals surface area contributed by atoms with Gasteiger partial charge in [-0.1, -0.05) is 0 Å². The molecule has 0 saturated carbocycles. The Hall–Kier alpha value is -2.22. The first kappa shape index (κ1) is 14.2. The minimum absolute atomic E-state index is 0.00686. The Labute approximate surface area is 115 Å². The molecular weight excluding hydrogens is 285 g/mol. The molecule has 1 N–H and O–H groups in total. The molecule has 0 spiro atoms. The molecule has 0 aliphatic heterocycles. The molecule has 0 aliphatic rings.